The third-order valence-corrected chi connectivity index (χ3v) is 5.75. The van der Waals surface area contributed by atoms with Crippen molar-refractivity contribution in [2.75, 3.05) is 13.1 Å². The zero-order valence-electron chi connectivity index (χ0n) is 17.0. The summed E-state index contributed by atoms with van der Waals surface area (Å²) in [6.07, 6.45) is 3.95. The van der Waals surface area contributed by atoms with Gasteiger partial charge in [0.2, 0.25) is 0 Å². The Morgan fingerprint density at radius 1 is 1.21 bits per heavy atom. The monoisotopic (exact) mass is 394 g/mol. The summed E-state index contributed by atoms with van der Waals surface area (Å²) >= 11 is 0. The molecule has 5 heteroatoms. The molecule has 2 aromatic carbocycles. The molecule has 1 fully saturated rings. The number of nitrogens with one attached hydrogen (secondary N) is 1. The lowest BCUT2D eigenvalue weighted by atomic mass is 10.0. The molecule has 1 N–H and O–H groups in total. The van der Waals surface area contributed by atoms with E-state index in [0.29, 0.717) is 17.2 Å². The second-order valence-electron chi connectivity index (χ2n) is 7.88. The van der Waals surface area contributed by atoms with E-state index < -0.39 is 5.82 Å². The number of nitrogens with zero attached hydrogens (tertiary/aromatic N) is 1. The summed E-state index contributed by atoms with van der Waals surface area (Å²) in [6.45, 7) is 6.84. The largest absolute Gasteiger partial charge is 0.487 e. The smallest absolute Gasteiger partial charge is 0.255 e. The van der Waals surface area contributed by atoms with Crippen molar-refractivity contribution in [3.05, 3.63) is 75.5 Å². The van der Waals surface area contributed by atoms with Gasteiger partial charge in [0.1, 0.15) is 6.10 Å². The molecule has 1 aliphatic rings. The van der Waals surface area contributed by atoms with E-state index in [1.54, 1.807) is 18.3 Å². The number of ether oxygens (including phenoxy) is 1. The highest BCUT2D eigenvalue weighted by Crippen LogP contribution is 2.29. The van der Waals surface area contributed by atoms with Crippen molar-refractivity contribution in [2.45, 2.75) is 45.8 Å². The molecule has 1 saturated heterocycles. The number of halogens is 1. The minimum Gasteiger partial charge on any atom is -0.487 e. The number of benzene rings is 2. The van der Waals surface area contributed by atoms with Crippen molar-refractivity contribution in [1.82, 2.24) is 9.88 Å². The predicted octanol–water partition coefficient (Wildman–Crippen LogP) is 4.58. The highest BCUT2D eigenvalue weighted by molar-refractivity contribution is 5.86. The van der Waals surface area contributed by atoms with Crippen molar-refractivity contribution in [1.29, 1.82) is 0 Å². The molecule has 0 spiro atoms. The molecule has 0 radical (unpaired) electrons. The molecule has 1 aromatic heterocycles. The fraction of sp³-hybridized carbons (Fsp3) is 0.375. The number of hydrogen-bond acceptors (Lipinski definition) is 3. The van der Waals surface area contributed by atoms with Crippen LogP contribution in [0.4, 0.5) is 4.39 Å². The van der Waals surface area contributed by atoms with Gasteiger partial charge in [0.15, 0.2) is 11.6 Å². The number of aromatic amines is 1. The molecule has 0 amide bonds. The maximum Gasteiger partial charge on any atom is 0.255 e. The average molecular weight is 394 g/mol. The minimum absolute atomic E-state index is 0.0113. The van der Waals surface area contributed by atoms with Gasteiger partial charge in [-0.15, -0.1) is 0 Å². The van der Waals surface area contributed by atoms with Gasteiger partial charge in [0.25, 0.3) is 5.56 Å². The lowest BCUT2D eigenvalue weighted by molar-refractivity contribution is 0.0938. The van der Waals surface area contributed by atoms with Crippen LogP contribution in [0, 0.1) is 12.7 Å². The van der Waals surface area contributed by atoms with E-state index in [1.165, 1.54) is 11.1 Å². The molecular weight excluding hydrogens is 367 g/mol. The molecule has 4 nitrogen and oxygen atoms in total. The number of aromatic nitrogens is 1. The molecule has 1 aliphatic heterocycles. The SMILES string of the molecule is CCc1c[nH]c(=O)c2ccc(OC3CCN(Cc4cccc(C)c4)CC3)c(F)c12. The van der Waals surface area contributed by atoms with Gasteiger partial charge in [-0.3, -0.25) is 9.69 Å². The number of piperidine rings is 1. The molecule has 152 valence electrons. The molecule has 0 atom stereocenters. The van der Waals surface area contributed by atoms with E-state index >= 15 is 4.39 Å². The van der Waals surface area contributed by atoms with Crippen LogP contribution in [0.5, 0.6) is 5.75 Å². The quantitative estimate of drug-likeness (QED) is 0.689. The maximum absolute atomic E-state index is 15.2. The van der Waals surface area contributed by atoms with Crippen molar-refractivity contribution in [2.24, 2.45) is 0 Å². The number of aryl methyl sites for hydroxylation is 2. The van der Waals surface area contributed by atoms with Gasteiger partial charge in [-0.1, -0.05) is 36.8 Å². The molecule has 2 heterocycles. The Balaban J connectivity index is 1.45. The van der Waals surface area contributed by atoms with Crippen LogP contribution in [-0.4, -0.2) is 29.1 Å². The Kier molecular flexibility index (Phi) is 5.67. The van der Waals surface area contributed by atoms with Gasteiger partial charge in [0, 0.05) is 31.2 Å². The predicted molar refractivity (Wildman–Crippen MR) is 114 cm³/mol. The number of hydrogen-bond donors (Lipinski definition) is 1. The van der Waals surface area contributed by atoms with Gasteiger partial charge in [-0.25, -0.2) is 4.39 Å². The van der Waals surface area contributed by atoms with Crippen LogP contribution in [0.1, 0.15) is 36.5 Å². The summed E-state index contributed by atoms with van der Waals surface area (Å²) in [6, 6.07) is 11.8. The fourth-order valence-corrected chi connectivity index (χ4v) is 4.17. The van der Waals surface area contributed by atoms with Crippen LogP contribution in [0.25, 0.3) is 10.8 Å². The van der Waals surface area contributed by atoms with Crippen molar-refractivity contribution in [3.8, 4) is 5.75 Å². The number of H-pyrrole nitrogens is 1. The van der Waals surface area contributed by atoms with E-state index in [1.807, 2.05) is 6.92 Å². The first-order valence-electron chi connectivity index (χ1n) is 10.3. The summed E-state index contributed by atoms with van der Waals surface area (Å²) in [7, 11) is 0. The maximum atomic E-state index is 15.2. The van der Waals surface area contributed by atoms with Crippen LogP contribution in [0.2, 0.25) is 0 Å². The topological polar surface area (TPSA) is 45.3 Å². The molecule has 0 bridgehead atoms. The van der Waals surface area contributed by atoms with E-state index in [2.05, 4.69) is 41.1 Å². The average Bonchev–Trinajstić information content (AvgIpc) is 2.72. The zero-order chi connectivity index (χ0) is 20.4. The molecule has 0 saturated carbocycles. The van der Waals surface area contributed by atoms with Crippen molar-refractivity contribution < 1.29 is 9.13 Å². The normalized spacial score (nSPS) is 15.7. The lowest BCUT2D eigenvalue weighted by Crippen LogP contribution is -2.37. The van der Waals surface area contributed by atoms with Gasteiger partial charge in [-0.2, -0.15) is 0 Å². The Morgan fingerprint density at radius 2 is 2.00 bits per heavy atom. The Labute approximate surface area is 170 Å². The lowest BCUT2D eigenvalue weighted by Gasteiger charge is -2.32. The van der Waals surface area contributed by atoms with Crippen LogP contribution < -0.4 is 10.3 Å². The Morgan fingerprint density at radius 3 is 2.72 bits per heavy atom. The number of fused-ring (bicyclic) bond motifs is 1. The van der Waals surface area contributed by atoms with Crippen molar-refractivity contribution in [3.63, 3.8) is 0 Å². The number of pyridine rings is 1. The molecule has 29 heavy (non-hydrogen) atoms. The summed E-state index contributed by atoms with van der Waals surface area (Å²) < 4.78 is 21.2. The summed E-state index contributed by atoms with van der Waals surface area (Å²) in [5.74, 6) is -0.178. The minimum atomic E-state index is -0.423. The fourth-order valence-electron chi connectivity index (χ4n) is 4.17. The third-order valence-electron chi connectivity index (χ3n) is 5.75. The second-order valence-corrected chi connectivity index (χ2v) is 7.88. The van der Waals surface area contributed by atoms with Crippen LogP contribution >= 0.6 is 0 Å². The van der Waals surface area contributed by atoms with E-state index in [0.717, 1.165) is 38.0 Å². The first kappa shape index (κ1) is 19.6. The Hall–Kier alpha value is -2.66. The number of rotatable bonds is 5. The van der Waals surface area contributed by atoms with Gasteiger partial charge in [0.05, 0.1) is 5.39 Å². The van der Waals surface area contributed by atoms with Gasteiger partial charge in [-0.05, 0) is 49.4 Å². The summed E-state index contributed by atoms with van der Waals surface area (Å²) in [5, 5.41) is 0.757. The van der Waals surface area contributed by atoms with Crippen molar-refractivity contribution >= 4 is 10.8 Å². The molecular formula is C24H27FN2O2. The first-order chi connectivity index (χ1) is 14.0. The Bertz CT molecular complexity index is 1070. The molecule has 0 aliphatic carbocycles. The van der Waals surface area contributed by atoms with E-state index in [-0.39, 0.29) is 17.4 Å². The first-order valence-corrected chi connectivity index (χ1v) is 10.3. The van der Waals surface area contributed by atoms with Crippen LogP contribution in [-0.2, 0) is 13.0 Å². The second kappa shape index (κ2) is 8.37. The van der Waals surface area contributed by atoms with Gasteiger partial charge < -0.3 is 9.72 Å². The van der Waals surface area contributed by atoms with Crippen LogP contribution in [0.15, 0.2) is 47.4 Å². The molecule has 0 unspecified atom stereocenters. The summed E-state index contributed by atoms with van der Waals surface area (Å²) in [5.41, 5.74) is 3.11. The highest BCUT2D eigenvalue weighted by Gasteiger charge is 2.23. The zero-order valence-corrected chi connectivity index (χ0v) is 17.0. The standard InChI is InChI=1S/C24H27FN2O2/c1-3-18-14-26-24(28)20-7-8-21(23(25)22(18)20)29-19-9-11-27(12-10-19)15-17-6-4-5-16(2)13-17/h4-8,13-14,19H,3,9-12,15H2,1-2H3,(H,26,28). The van der Waals surface area contributed by atoms with Gasteiger partial charge >= 0.3 is 0 Å². The number of likely N-dealkylation sites (tertiary alicyclic amines) is 1. The molecule has 3 aromatic rings. The summed E-state index contributed by atoms with van der Waals surface area (Å²) in [4.78, 5) is 17.1. The highest BCUT2D eigenvalue weighted by atomic mass is 19.1. The van der Waals surface area contributed by atoms with E-state index in [9.17, 15) is 4.79 Å². The van der Waals surface area contributed by atoms with E-state index in [4.69, 9.17) is 4.74 Å². The molecule has 4 rings (SSSR count). The van der Waals surface area contributed by atoms with Crippen LogP contribution in [0.3, 0.4) is 0 Å². The third kappa shape index (κ3) is 4.20.